The van der Waals surface area contributed by atoms with Crippen LogP contribution < -0.4 is 5.32 Å². The molecule has 132 valence electrons. The summed E-state index contributed by atoms with van der Waals surface area (Å²) < 4.78 is 27.6. The van der Waals surface area contributed by atoms with Gasteiger partial charge in [-0.05, 0) is 43.2 Å². The molecule has 0 radical (unpaired) electrons. The molecule has 1 fully saturated rings. The third kappa shape index (κ3) is 4.29. The van der Waals surface area contributed by atoms with Crippen molar-refractivity contribution in [3.05, 3.63) is 64.6 Å². The van der Waals surface area contributed by atoms with Crippen LogP contribution in [0.4, 0.5) is 0 Å². The van der Waals surface area contributed by atoms with Crippen molar-refractivity contribution in [1.82, 2.24) is 9.62 Å². The summed E-state index contributed by atoms with van der Waals surface area (Å²) >= 11 is 3.35. The topological polar surface area (TPSA) is 66.5 Å². The van der Waals surface area contributed by atoms with E-state index in [9.17, 15) is 13.2 Å². The molecule has 0 unspecified atom stereocenters. The van der Waals surface area contributed by atoms with Gasteiger partial charge in [0.05, 0.1) is 4.90 Å². The van der Waals surface area contributed by atoms with Crippen LogP contribution in [0.5, 0.6) is 0 Å². The molecule has 1 heterocycles. The first-order valence-corrected chi connectivity index (χ1v) is 10.3. The molecular weight excluding hydrogens is 404 g/mol. The van der Waals surface area contributed by atoms with Gasteiger partial charge in [0, 0.05) is 29.2 Å². The Bertz CT molecular complexity index is 848. The lowest BCUT2D eigenvalue weighted by Crippen LogP contribution is -2.46. The maximum Gasteiger partial charge on any atom is 0.251 e. The average Bonchev–Trinajstić information content (AvgIpc) is 2.63. The Labute approximate surface area is 156 Å². The highest BCUT2D eigenvalue weighted by Gasteiger charge is 2.29. The van der Waals surface area contributed by atoms with Gasteiger partial charge in [0.15, 0.2) is 0 Å². The molecule has 2 aromatic rings. The Morgan fingerprint density at radius 3 is 2.36 bits per heavy atom. The quantitative estimate of drug-likeness (QED) is 0.822. The number of rotatable bonds is 4. The lowest BCUT2D eigenvalue weighted by atomic mass is 10.1. The highest BCUT2D eigenvalue weighted by Crippen LogP contribution is 2.21. The zero-order valence-electron chi connectivity index (χ0n) is 13.6. The van der Waals surface area contributed by atoms with Gasteiger partial charge in [-0.3, -0.25) is 4.79 Å². The van der Waals surface area contributed by atoms with E-state index < -0.39 is 10.0 Å². The van der Waals surface area contributed by atoms with Crippen LogP contribution in [0.2, 0.25) is 0 Å². The predicted molar refractivity (Wildman–Crippen MR) is 99.8 cm³/mol. The zero-order chi connectivity index (χ0) is 17.9. The van der Waals surface area contributed by atoms with E-state index in [0.29, 0.717) is 36.4 Å². The molecule has 5 nitrogen and oxygen atoms in total. The highest BCUT2D eigenvalue weighted by atomic mass is 79.9. The van der Waals surface area contributed by atoms with E-state index in [1.165, 1.54) is 4.31 Å². The standard InChI is InChI=1S/C18H19BrN2O3S/c19-15-6-4-5-14(13-15)18(22)20-16-9-11-21(12-10-16)25(23,24)17-7-2-1-3-8-17/h1-8,13,16H,9-12H2,(H,20,22). The number of halogens is 1. The molecule has 25 heavy (non-hydrogen) atoms. The Hall–Kier alpha value is -1.70. The van der Waals surface area contributed by atoms with Gasteiger partial charge in [-0.25, -0.2) is 8.42 Å². The molecular formula is C18H19BrN2O3S. The van der Waals surface area contributed by atoms with Crippen LogP contribution in [0.15, 0.2) is 64.0 Å². The second-order valence-corrected chi connectivity index (χ2v) is 8.83. The summed E-state index contributed by atoms with van der Waals surface area (Å²) in [6.07, 6.45) is 1.21. The van der Waals surface area contributed by atoms with Crippen LogP contribution in [0.3, 0.4) is 0 Å². The molecule has 1 amide bonds. The molecule has 2 aromatic carbocycles. The Balaban J connectivity index is 1.60. The molecule has 1 aliphatic heterocycles. The lowest BCUT2D eigenvalue weighted by Gasteiger charge is -2.31. The minimum absolute atomic E-state index is 0.0197. The lowest BCUT2D eigenvalue weighted by molar-refractivity contribution is 0.0924. The number of sulfonamides is 1. The van der Waals surface area contributed by atoms with E-state index >= 15 is 0 Å². The molecule has 3 rings (SSSR count). The van der Waals surface area contributed by atoms with Crippen LogP contribution in [0, 0.1) is 0 Å². The second-order valence-electron chi connectivity index (χ2n) is 5.98. The van der Waals surface area contributed by atoms with Gasteiger partial charge in [-0.1, -0.05) is 40.2 Å². The summed E-state index contributed by atoms with van der Waals surface area (Å²) in [5.41, 5.74) is 0.591. The van der Waals surface area contributed by atoms with Crippen molar-refractivity contribution < 1.29 is 13.2 Å². The third-order valence-corrected chi connectivity index (χ3v) is 6.66. The average molecular weight is 423 g/mol. The van der Waals surface area contributed by atoms with Crippen LogP contribution in [0.25, 0.3) is 0 Å². The van der Waals surface area contributed by atoms with Crippen molar-refractivity contribution in [2.24, 2.45) is 0 Å². The monoisotopic (exact) mass is 422 g/mol. The van der Waals surface area contributed by atoms with Gasteiger partial charge >= 0.3 is 0 Å². The van der Waals surface area contributed by atoms with E-state index in [2.05, 4.69) is 21.2 Å². The summed E-state index contributed by atoms with van der Waals surface area (Å²) in [7, 11) is -3.46. The number of hydrogen-bond donors (Lipinski definition) is 1. The van der Waals surface area contributed by atoms with E-state index in [-0.39, 0.29) is 11.9 Å². The van der Waals surface area contributed by atoms with Gasteiger partial charge in [-0.2, -0.15) is 4.31 Å². The number of carbonyl (C=O) groups is 1. The molecule has 0 spiro atoms. The predicted octanol–water partition coefficient (Wildman–Crippen LogP) is 3.03. The summed E-state index contributed by atoms with van der Waals surface area (Å²) in [5.74, 6) is -0.134. The van der Waals surface area contributed by atoms with Gasteiger partial charge < -0.3 is 5.32 Å². The summed E-state index contributed by atoms with van der Waals surface area (Å²) in [6, 6.07) is 15.6. The minimum Gasteiger partial charge on any atom is -0.349 e. The molecule has 0 atom stereocenters. The fraction of sp³-hybridized carbons (Fsp3) is 0.278. The number of amides is 1. The van der Waals surface area contributed by atoms with Crippen molar-refractivity contribution in [3.8, 4) is 0 Å². The van der Waals surface area contributed by atoms with Crippen molar-refractivity contribution >= 4 is 31.9 Å². The largest absolute Gasteiger partial charge is 0.349 e. The summed E-state index contributed by atoms with van der Waals surface area (Å²) in [6.45, 7) is 0.807. The summed E-state index contributed by atoms with van der Waals surface area (Å²) in [5, 5.41) is 2.99. The van der Waals surface area contributed by atoms with Gasteiger partial charge in [-0.15, -0.1) is 0 Å². The Morgan fingerprint density at radius 1 is 1.04 bits per heavy atom. The molecule has 1 aliphatic rings. The first-order valence-electron chi connectivity index (χ1n) is 8.08. The van der Waals surface area contributed by atoms with Crippen molar-refractivity contribution in [3.63, 3.8) is 0 Å². The van der Waals surface area contributed by atoms with E-state index in [1.54, 1.807) is 42.5 Å². The van der Waals surface area contributed by atoms with Crippen LogP contribution >= 0.6 is 15.9 Å². The minimum atomic E-state index is -3.46. The van der Waals surface area contributed by atoms with E-state index in [4.69, 9.17) is 0 Å². The molecule has 0 aliphatic carbocycles. The number of carbonyl (C=O) groups excluding carboxylic acids is 1. The maximum atomic E-state index is 12.6. The molecule has 0 bridgehead atoms. The van der Waals surface area contributed by atoms with Crippen molar-refractivity contribution in [2.75, 3.05) is 13.1 Å². The van der Waals surface area contributed by atoms with Crippen molar-refractivity contribution in [2.45, 2.75) is 23.8 Å². The van der Waals surface area contributed by atoms with Crippen LogP contribution in [0.1, 0.15) is 23.2 Å². The first kappa shape index (κ1) is 18.1. The molecule has 0 aromatic heterocycles. The normalized spacial score (nSPS) is 16.5. The molecule has 1 saturated heterocycles. The van der Waals surface area contributed by atoms with Crippen LogP contribution in [-0.2, 0) is 10.0 Å². The van der Waals surface area contributed by atoms with E-state index in [1.807, 2.05) is 12.1 Å². The van der Waals surface area contributed by atoms with Crippen LogP contribution in [-0.4, -0.2) is 37.8 Å². The number of piperidine rings is 1. The highest BCUT2D eigenvalue weighted by molar-refractivity contribution is 9.10. The smallest absolute Gasteiger partial charge is 0.251 e. The number of nitrogens with zero attached hydrogens (tertiary/aromatic N) is 1. The zero-order valence-corrected chi connectivity index (χ0v) is 16.0. The molecule has 1 N–H and O–H groups in total. The SMILES string of the molecule is O=C(NC1CCN(S(=O)(=O)c2ccccc2)CC1)c1cccc(Br)c1. The summed E-state index contributed by atoms with van der Waals surface area (Å²) in [4.78, 5) is 12.6. The fourth-order valence-corrected chi connectivity index (χ4v) is 4.77. The molecule has 0 saturated carbocycles. The fourth-order valence-electron chi connectivity index (χ4n) is 2.88. The third-order valence-electron chi connectivity index (χ3n) is 4.26. The van der Waals surface area contributed by atoms with Gasteiger partial charge in [0.25, 0.3) is 5.91 Å². The molecule has 7 heteroatoms. The second kappa shape index (κ2) is 7.68. The van der Waals surface area contributed by atoms with Crippen molar-refractivity contribution in [1.29, 1.82) is 0 Å². The number of benzene rings is 2. The number of nitrogens with one attached hydrogen (secondary N) is 1. The van der Waals surface area contributed by atoms with Gasteiger partial charge in [0.2, 0.25) is 10.0 Å². The first-order chi connectivity index (χ1) is 12.0. The van der Waals surface area contributed by atoms with Gasteiger partial charge in [0.1, 0.15) is 0 Å². The number of hydrogen-bond acceptors (Lipinski definition) is 3. The maximum absolute atomic E-state index is 12.6. The Morgan fingerprint density at radius 2 is 1.72 bits per heavy atom. The van der Waals surface area contributed by atoms with E-state index in [0.717, 1.165) is 4.47 Å². The Kier molecular flexibility index (Phi) is 5.56.